The van der Waals surface area contributed by atoms with Gasteiger partial charge >= 0.3 is 0 Å². The van der Waals surface area contributed by atoms with Gasteiger partial charge in [0.05, 0.1) is 5.25 Å². The minimum absolute atomic E-state index is 0.343. The summed E-state index contributed by atoms with van der Waals surface area (Å²) < 4.78 is 12.7. The average molecular weight is 302 g/mol. The van der Waals surface area contributed by atoms with Crippen LogP contribution in [0.3, 0.4) is 0 Å². The van der Waals surface area contributed by atoms with Gasteiger partial charge in [0.1, 0.15) is 0 Å². The van der Waals surface area contributed by atoms with Crippen LogP contribution in [-0.4, -0.2) is 27.8 Å². The molecule has 1 aliphatic rings. The standard InChI is InChI=1S/C17H35NOS/c1-7-10-18-15-9-8-14(17(4,5)6)11-16(15)20(19)12-13(2)3/h13-16,18H,7-12H2,1-6H3. The fourth-order valence-electron chi connectivity index (χ4n) is 3.22. The van der Waals surface area contributed by atoms with Crippen molar-refractivity contribution < 1.29 is 4.21 Å². The minimum Gasteiger partial charge on any atom is -0.313 e. The summed E-state index contributed by atoms with van der Waals surface area (Å²) in [4.78, 5) is 0. The van der Waals surface area contributed by atoms with Crippen LogP contribution in [-0.2, 0) is 10.8 Å². The van der Waals surface area contributed by atoms with Gasteiger partial charge in [0.2, 0.25) is 0 Å². The van der Waals surface area contributed by atoms with Crippen molar-refractivity contribution in [1.29, 1.82) is 0 Å². The third-order valence-corrected chi connectivity index (χ3v) is 6.70. The molecule has 0 heterocycles. The molecule has 0 aromatic rings. The Hall–Kier alpha value is 0.110. The first-order chi connectivity index (χ1) is 9.25. The monoisotopic (exact) mass is 301 g/mol. The van der Waals surface area contributed by atoms with Crippen molar-refractivity contribution in [1.82, 2.24) is 5.32 Å². The van der Waals surface area contributed by atoms with Gasteiger partial charge in [-0.05, 0) is 49.5 Å². The van der Waals surface area contributed by atoms with Crippen LogP contribution in [0.1, 0.15) is 67.2 Å². The molecule has 0 amide bonds. The Bertz CT molecular complexity index is 309. The van der Waals surface area contributed by atoms with E-state index in [1.165, 1.54) is 12.8 Å². The molecular weight excluding hydrogens is 266 g/mol. The van der Waals surface area contributed by atoms with Crippen LogP contribution in [0.25, 0.3) is 0 Å². The van der Waals surface area contributed by atoms with E-state index in [0.29, 0.717) is 28.5 Å². The summed E-state index contributed by atoms with van der Waals surface area (Å²) >= 11 is 0. The zero-order chi connectivity index (χ0) is 15.3. The number of hydrogen-bond donors (Lipinski definition) is 1. The fourth-order valence-corrected chi connectivity index (χ4v) is 5.17. The van der Waals surface area contributed by atoms with E-state index in [1.54, 1.807) is 0 Å². The topological polar surface area (TPSA) is 29.1 Å². The molecule has 4 atom stereocenters. The van der Waals surface area contributed by atoms with E-state index in [0.717, 1.165) is 25.1 Å². The van der Waals surface area contributed by atoms with E-state index in [-0.39, 0.29) is 0 Å². The lowest BCUT2D eigenvalue weighted by Gasteiger charge is -2.42. The molecule has 120 valence electrons. The molecule has 1 N–H and O–H groups in total. The van der Waals surface area contributed by atoms with Crippen LogP contribution in [0.15, 0.2) is 0 Å². The van der Waals surface area contributed by atoms with Crippen molar-refractivity contribution in [3.05, 3.63) is 0 Å². The van der Waals surface area contributed by atoms with Crippen LogP contribution in [0.4, 0.5) is 0 Å². The molecule has 2 nitrogen and oxygen atoms in total. The van der Waals surface area contributed by atoms with Crippen LogP contribution < -0.4 is 5.32 Å². The Labute approximate surface area is 128 Å². The zero-order valence-corrected chi connectivity index (χ0v) is 15.2. The second-order valence-electron chi connectivity index (χ2n) is 7.92. The molecule has 1 fully saturated rings. The summed E-state index contributed by atoms with van der Waals surface area (Å²) in [6.45, 7) is 14.6. The van der Waals surface area contributed by atoms with Crippen molar-refractivity contribution in [3.8, 4) is 0 Å². The number of nitrogens with one attached hydrogen (secondary N) is 1. The molecule has 1 saturated carbocycles. The van der Waals surface area contributed by atoms with Gasteiger partial charge in [-0.15, -0.1) is 0 Å². The Morgan fingerprint density at radius 1 is 1.25 bits per heavy atom. The number of hydrogen-bond acceptors (Lipinski definition) is 2. The Morgan fingerprint density at radius 2 is 1.90 bits per heavy atom. The second-order valence-corrected chi connectivity index (χ2v) is 9.62. The average Bonchev–Trinajstić information content (AvgIpc) is 2.34. The first kappa shape index (κ1) is 18.2. The fraction of sp³-hybridized carbons (Fsp3) is 1.00. The Kier molecular flexibility index (Phi) is 7.20. The van der Waals surface area contributed by atoms with Gasteiger partial charge in [-0.1, -0.05) is 41.5 Å². The first-order valence-corrected chi connectivity index (χ1v) is 9.74. The summed E-state index contributed by atoms with van der Waals surface area (Å²) in [5, 5.41) is 4.00. The van der Waals surface area contributed by atoms with Crippen LogP contribution in [0.5, 0.6) is 0 Å². The third kappa shape index (κ3) is 5.48. The lowest BCUT2D eigenvalue weighted by Crippen LogP contribution is -2.49. The van der Waals surface area contributed by atoms with Crippen molar-refractivity contribution >= 4 is 10.8 Å². The predicted octanol–water partition coefficient (Wildman–Crippen LogP) is 3.97. The highest BCUT2D eigenvalue weighted by Crippen LogP contribution is 2.39. The second kappa shape index (κ2) is 7.93. The normalized spacial score (nSPS) is 29.6. The third-order valence-electron chi connectivity index (χ3n) is 4.51. The largest absolute Gasteiger partial charge is 0.313 e. The van der Waals surface area contributed by atoms with Crippen molar-refractivity contribution in [2.45, 2.75) is 78.5 Å². The van der Waals surface area contributed by atoms with Gasteiger partial charge in [0, 0.05) is 22.6 Å². The molecular formula is C17H35NOS. The Balaban J connectivity index is 2.74. The predicted molar refractivity (Wildman–Crippen MR) is 90.5 cm³/mol. The van der Waals surface area contributed by atoms with E-state index in [4.69, 9.17) is 0 Å². The summed E-state index contributed by atoms with van der Waals surface area (Å²) in [6, 6.07) is 0.466. The van der Waals surface area contributed by atoms with Crippen molar-refractivity contribution in [2.24, 2.45) is 17.3 Å². The van der Waals surface area contributed by atoms with E-state index in [9.17, 15) is 4.21 Å². The minimum atomic E-state index is -0.688. The first-order valence-electron chi connectivity index (χ1n) is 8.36. The lowest BCUT2D eigenvalue weighted by atomic mass is 9.71. The molecule has 3 heteroatoms. The Morgan fingerprint density at radius 3 is 2.40 bits per heavy atom. The molecule has 0 aliphatic heterocycles. The number of rotatable bonds is 6. The molecule has 4 unspecified atom stereocenters. The zero-order valence-electron chi connectivity index (χ0n) is 14.4. The van der Waals surface area contributed by atoms with E-state index >= 15 is 0 Å². The van der Waals surface area contributed by atoms with Gasteiger partial charge in [0.25, 0.3) is 0 Å². The van der Waals surface area contributed by atoms with Gasteiger partial charge in [-0.2, -0.15) is 0 Å². The van der Waals surface area contributed by atoms with Crippen LogP contribution >= 0.6 is 0 Å². The highest BCUT2D eigenvalue weighted by molar-refractivity contribution is 7.85. The molecule has 0 bridgehead atoms. The maximum atomic E-state index is 12.7. The van der Waals surface area contributed by atoms with Crippen LogP contribution in [0, 0.1) is 17.3 Å². The smallest absolute Gasteiger partial charge is 0.0504 e. The van der Waals surface area contributed by atoms with Gasteiger partial charge < -0.3 is 5.32 Å². The highest BCUT2D eigenvalue weighted by atomic mass is 32.2. The van der Waals surface area contributed by atoms with Gasteiger partial charge in [0.15, 0.2) is 0 Å². The van der Waals surface area contributed by atoms with E-state index < -0.39 is 10.8 Å². The van der Waals surface area contributed by atoms with Crippen molar-refractivity contribution in [3.63, 3.8) is 0 Å². The molecule has 0 saturated heterocycles. The lowest BCUT2D eigenvalue weighted by molar-refractivity contribution is 0.163. The molecule has 0 radical (unpaired) electrons. The summed E-state index contributed by atoms with van der Waals surface area (Å²) in [5.41, 5.74) is 0.343. The maximum Gasteiger partial charge on any atom is 0.0504 e. The molecule has 20 heavy (non-hydrogen) atoms. The molecule has 1 rings (SSSR count). The van der Waals surface area contributed by atoms with Gasteiger partial charge in [-0.3, -0.25) is 4.21 Å². The molecule has 0 aromatic heterocycles. The SMILES string of the molecule is CCCNC1CCC(C(C)(C)C)CC1S(=O)CC(C)C. The van der Waals surface area contributed by atoms with Gasteiger partial charge in [-0.25, -0.2) is 0 Å². The van der Waals surface area contributed by atoms with Crippen LogP contribution in [0.2, 0.25) is 0 Å². The highest BCUT2D eigenvalue weighted by Gasteiger charge is 2.38. The summed E-state index contributed by atoms with van der Waals surface area (Å²) in [6.07, 6.45) is 4.75. The van der Waals surface area contributed by atoms with E-state index in [2.05, 4.69) is 46.9 Å². The van der Waals surface area contributed by atoms with E-state index in [1.807, 2.05) is 0 Å². The van der Waals surface area contributed by atoms with Crippen molar-refractivity contribution in [2.75, 3.05) is 12.3 Å². The summed E-state index contributed by atoms with van der Waals surface area (Å²) in [5.74, 6) is 2.09. The molecule has 0 aromatic carbocycles. The quantitative estimate of drug-likeness (QED) is 0.804. The molecule has 1 aliphatic carbocycles. The maximum absolute atomic E-state index is 12.7. The summed E-state index contributed by atoms with van der Waals surface area (Å²) in [7, 11) is -0.688. The molecule has 0 spiro atoms.